The molecular formula is C21H31N5O4S. The summed E-state index contributed by atoms with van der Waals surface area (Å²) in [4.78, 5) is 13.5. The normalized spacial score (nSPS) is 14.2. The van der Waals surface area contributed by atoms with Gasteiger partial charge in [-0.1, -0.05) is 33.8 Å². The Balaban J connectivity index is 0.00000113. The first kappa shape index (κ1) is 25.9. The molecule has 0 fully saturated rings. The zero-order valence-corrected chi connectivity index (χ0v) is 19.8. The number of aromatic hydroxyl groups is 1. The fourth-order valence-electron chi connectivity index (χ4n) is 2.40. The summed E-state index contributed by atoms with van der Waals surface area (Å²) in [6.45, 7) is 10.2. The lowest BCUT2D eigenvalue weighted by Gasteiger charge is -2.15. The van der Waals surface area contributed by atoms with E-state index in [1.165, 1.54) is 11.0 Å². The van der Waals surface area contributed by atoms with Crippen LogP contribution in [0.25, 0.3) is 0 Å². The average molecular weight is 450 g/mol. The van der Waals surface area contributed by atoms with Gasteiger partial charge in [0.25, 0.3) is 17.1 Å². The van der Waals surface area contributed by atoms with Gasteiger partial charge in [0.15, 0.2) is 17.4 Å². The Kier molecular flexibility index (Phi) is 10.5. The van der Waals surface area contributed by atoms with Crippen LogP contribution in [0.2, 0.25) is 0 Å². The van der Waals surface area contributed by atoms with E-state index >= 15 is 0 Å². The maximum absolute atomic E-state index is 12.1. The van der Waals surface area contributed by atoms with E-state index in [2.05, 4.69) is 19.4 Å². The predicted molar refractivity (Wildman–Crippen MR) is 126 cm³/mol. The Hall–Kier alpha value is -3.14. The molecule has 1 unspecified atom stereocenters. The number of benzene rings is 1. The zero-order chi connectivity index (χ0) is 23.6. The van der Waals surface area contributed by atoms with Crippen molar-refractivity contribution in [2.24, 2.45) is 8.80 Å². The molecule has 1 aliphatic heterocycles. The number of aryl methyl sites for hydroxylation is 1. The number of hydrogen-bond acceptors (Lipinski definition) is 6. The minimum absolute atomic E-state index is 0.141. The minimum Gasteiger partial charge on any atom is -0.505 e. The largest absolute Gasteiger partial charge is 0.505 e. The van der Waals surface area contributed by atoms with Crippen molar-refractivity contribution in [2.45, 2.75) is 41.2 Å². The zero-order valence-electron chi connectivity index (χ0n) is 19.0. The van der Waals surface area contributed by atoms with Crippen LogP contribution < -0.4 is 10.6 Å². The third-order valence-electron chi connectivity index (χ3n) is 3.71. The second-order valence-electron chi connectivity index (χ2n) is 6.00. The summed E-state index contributed by atoms with van der Waals surface area (Å²) in [6.07, 6.45) is 0. The van der Waals surface area contributed by atoms with Gasteiger partial charge in [-0.25, -0.2) is 4.21 Å². The van der Waals surface area contributed by atoms with Gasteiger partial charge in [-0.2, -0.15) is 0 Å². The van der Waals surface area contributed by atoms with Crippen molar-refractivity contribution < 1.29 is 18.5 Å². The van der Waals surface area contributed by atoms with Crippen LogP contribution in [0.5, 0.6) is 5.75 Å². The molecule has 3 N–H and O–H groups in total. The van der Waals surface area contributed by atoms with Crippen LogP contribution in [0.4, 0.5) is 5.69 Å². The van der Waals surface area contributed by atoms with Crippen molar-refractivity contribution in [3.05, 3.63) is 47.4 Å². The second-order valence-corrected chi connectivity index (χ2v) is 6.83. The predicted octanol–water partition coefficient (Wildman–Crippen LogP) is 3.64. The first-order valence-corrected chi connectivity index (χ1v) is 11.1. The standard InChI is InChI=1S/C17H19N5O4S.2C2H6/c1-10-7-8-11(26-10)9-18-15-16(21-27(25)20-15)19-13-6-4-5-12(14(13)23)17(24)22(2)3;2*1-2/h4-8,23H,9H2,1-3H3,(H,18,20)(H,19,21);2*1-2H3. The van der Waals surface area contributed by atoms with Crippen molar-refractivity contribution in [1.82, 2.24) is 10.2 Å². The lowest BCUT2D eigenvalue weighted by molar-refractivity contribution is 0.0824. The van der Waals surface area contributed by atoms with Crippen LogP contribution in [0.1, 0.15) is 49.6 Å². The smallest absolute Gasteiger partial charge is 0.269 e. The lowest BCUT2D eigenvalue weighted by Crippen LogP contribution is -2.33. The van der Waals surface area contributed by atoms with Gasteiger partial charge in [-0.15, -0.1) is 8.80 Å². The number of furan rings is 1. The number of carbonyl (C=O) groups excluding carboxylic acids is 1. The fourth-order valence-corrected chi connectivity index (χ4v) is 3.03. The van der Waals surface area contributed by atoms with E-state index in [1.54, 1.807) is 26.2 Å². The third-order valence-corrected chi connectivity index (χ3v) is 4.39. The second kappa shape index (κ2) is 12.5. The number of para-hydroxylation sites is 1. The van der Waals surface area contributed by atoms with E-state index in [9.17, 15) is 14.1 Å². The summed E-state index contributed by atoms with van der Waals surface area (Å²) in [5.41, 5.74) is 0.394. The molecule has 31 heavy (non-hydrogen) atoms. The molecule has 1 aromatic heterocycles. The molecule has 1 aromatic carbocycles. The van der Waals surface area contributed by atoms with Crippen molar-refractivity contribution in [1.29, 1.82) is 0 Å². The molecule has 3 rings (SSSR count). The minimum atomic E-state index is -1.77. The molecule has 170 valence electrons. The van der Waals surface area contributed by atoms with E-state index < -0.39 is 11.2 Å². The molecular weight excluding hydrogens is 418 g/mol. The van der Waals surface area contributed by atoms with Gasteiger partial charge < -0.3 is 25.1 Å². The highest BCUT2D eigenvalue weighted by Crippen LogP contribution is 2.28. The summed E-state index contributed by atoms with van der Waals surface area (Å²) in [5, 5.41) is 16.3. The Labute approximate surface area is 186 Å². The number of nitrogens with zero attached hydrogens (tertiary/aromatic N) is 3. The monoisotopic (exact) mass is 449 g/mol. The molecule has 1 amide bonds. The van der Waals surface area contributed by atoms with Gasteiger partial charge in [0.1, 0.15) is 11.5 Å². The van der Waals surface area contributed by atoms with Crippen LogP contribution in [0.3, 0.4) is 0 Å². The summed E-state index contributed by atoms with van der Waals surface area (Å²) in [7, 11) is 3.19. The summed E-state index contributed by atoms with van der Waals surface area (Å²) in [6, 6.07) is 8.38. The molecule has 0 bridgehead atoms. The number of hydrogen-bond donors (Lipinski definition) is 3. The molecule has 10 heteroatoms. The number of amidine groups is 2. The quantitative estimate of drug-likeness (QED) is 0.613. The summed E-state index contributed by atoms with van der Waals surface area (Å²) < 4.78 is 25.0. The number of rotatable bonds is 4. The van der Waals surface area contributed by atoms with Crippen LogP contribution in [-0.4, -0.2) is 45.9 Å². The van der Waals surface area contributed by atoms with E-state index in [4.69, 9.17) is 4.42 Å². The highest BCUT2D eigenvalue weighted by Gasteiger charge is 2.22. The van der Waals surface area contributed by atoms with E-state index in [1.807, 2.05) is 46.8 Å². The van der Waals surface area contributed by atoms with Crippen molar-refractivity contribution >= 4 is 34.4 Å². The molecule has 0 aliphatic carbocycles. The molecule has 0 radical (unpaired) electrons. The Morgan fingerprint density at radius 2 is 1.74 bits per heavy atom. The molecule has 2 aromatic rings. The molecule has 1 aliphatic rings. The van der Waals surface area contributed by atoms with Gasteiger partial charge >= 0.3 is 0 Å². The summed E-state index contributed by atoms with van der Waals surface area (Å²) >= 11 is -1.77. The van der Waals surface area contributed by atoms with Crippen LogP contribution >= 0.6 is 0 Å². The van der Waals surface area contributed by atoms with E-state index in [-0.39, 0.29) is 34.6 Å². The highest BCUT2D eigenvalue weighted by atomic mass is 32.2. The summed E-state index contributed by atoms with van der Waals surface area (Å²) in [5.74, 6) is 1.37. The Morgan fingerprint density at radius 3 is 2.32 bits per heavy atom. The first-order chi connectivity index (χ1) is 14.8. The van der Waals surface area contributed by atoms with Crippen LogP contribution in [0, 0.1) is 6.92 Å². The van der Waals surface area contributed by atoms with Gasteiger partial charge in [0.2, 0.25) is 0 Å². The number of phenols is 1. The molecule has 2 heterocycles. The molecule has 0 saturated carbocycles. The van der Waals surface area contributed by atoms with Gasteiger partial charge in [-0.3, -0.25) is 4.79 Å². The van der Waals surface area contributed by atoms with Gasteiger partial charge in [0, 0.05) is 14.1 Å². The van der Waals surface area contributed by atoms with Gasteiger partial charge in [0.05, 0.1) is 17.8 Å². The van der Waals surface area contributed by atoms with Crippen molar-refractivity contribution in [2.75, 3.05) is 19.4 Å². The third kappa shape index (κ3) is 6.95. The topological polar surface area (TPSA) is 120 Å². The van der Waals surface area contributed by atoms with Crippen molar-refractivity contribution in [3.63, 3.8) is 0 Å². The highest BCUT2D eigenvalue weighted by molar-refractivity contribution is 7.83. The molecule has 1 atom stereocenters. The molecule has 0 saturated heterocycles. The number of carbonyl (C=O) groups is 1. The average Bonchev–Trinajstić information content (AvgIpc) is 3.34. The molecule has 0 spiro atoms. The number of anilines is 1. The molecule has 9 nitrogen and oxygen atoms in total. The number of amides is 1. The van der Waals surface area contributed by atoms with Crippen LogP contribution in [0.15, 0.2) is 43.5 Å². The first-order valence-electron chi connectivity index (χ1n) is 10.0. The van der Waals surface area contributed by atoms with E-state index in [0.717, 1.165) is 5.76 Å². The number of phenolic OH excluding ortho intramolecular Hbond substituents is 1. The van der Waals surface area contributed by atoms with Gasteiger partial charge in [-0.05, 0) is 31.2 Å². The maximum Gasteiger partial charge on any atom is 0.269 e. The number of nitrogens with one attached hydrogen (secondary N) is 2. The van der Waals surface area contributed by atoms with Crippen molar-refractivity contribution in [3.8, 4) is 5.75 Å². The van der Waals surface area contributed by atoms with E-state index in [0.29, 0.717) is 12.3 Å². The fraction of sp³-hybridized carbons (Fsp3) is 0.381. The lowest BCUT2D eigenvalue weighted by atomic mass is 10.1. The SMILES string of the molecule is CC.CC.Cc1ccc(CNC2=NS(=O)N=C2Nc2cccc(C(=O)N(C)C)c2O)o1. The Morgan fingerprint density at radius 1 is 1.10 bits per heavy atom. The maximum atomic E-state index is 12.1. The van der Waals surface area contributed by atoms with Crippen LogP contribution in [-0.2, 0) is 17.7 Å². The Bertz CT molecular complexity index is 966.